The van der Waals surface area contributed by atoms with Gasteiger partial charge in [0.1, 0.15) is 5.82 Å². The molecule has 3 nitrogen and oxygen atoms in total. The van der Waals surface area contributed by atoms with E-state index in [1.165, 1.54) is 12.1 Å². The average molecular weight is 209 g/mol. The van der Waals surface area contributed by atoms with Crippen LogP contribution in [0.2, 0.25) is 0 Å². The lowest BCUT2D eigenvalue weighted by Gasteiger charge is -2.17. The van der Waals surface area contributed by atoms with E-state index in [9.17, 15) is 9.18 Å². The van der Waals surface area contributed by atoms with Crippen LogP contribution in [0.5, 0.6) is 0 Å². The minimum atomic E-state index is -1.13. The number of carboxylic acid groups (broad SMARTS) is 1. The number of hydrogen-bond acceptors (Lipinski definition) is 2. The van der Waals surface area contributed by atoms with Crippen LogP contribution in [-0.4, -0.2) is 24.7 Å². The van der Waals surface area contributed by atoms with Gasteiger partial charge in [0.25, 0.3) is 0 Å². The Morgan fingerprint density at radius 1 is 1.67 bits per heavy atom. The Kier molecular flexibility index (Phi) is 3.44. The Bertz CT molecular complexity index is 390. The molecule has 0 aliphatic heterocycles. The fourth-order valence-corrected chi connectivity index (χ4v) is 1.24. The molecule has 0 atom stereocenters. The normalized spacial score (nSPS) is 9.73. The van der Waals surface area contributed by atoms with E-state index in [4.69, 9.17) is 5.11 Å². The zero-order valence-corrected chi connectivity index (χ0v) is 8.40. The summed E-state index contributed by atoms with van der Waals surface area (Å²) < 4.78 is 13.4. The SMILES string of the molecule is C=CCN(C)c1ccc(C(=O)O)cc1F. The van der Waals surface area contributed by atoms with Crippen molar-refractivity contribution in [1.82, 2.24) is 0 Å². The van der Waals surface area contributed by atoms with Crippen LogP contribution in [0.4, 0.5) is 10.1 Å². The first-order valence-corrected chi connectivity index (χ1v) is 4.41. The van der Waals surface area contributed by atoms with Crippen molar-refractivity contribution in [3.8, 4) is 0 Å². The second-order valence-electron chi connectivity index (χ2n) is 3.14. The predicted octanol–water partition coefficient (Wildman–Crippen LogP) is 2.15. The van der Waals surface area contributed by atoms with Gasteiger partial charge in [-0.1, -0.05) is 6.08 Å². The molecule has 1 rings (SSSR count). The maximum atomic E-state index is 13.4. The molecule has 4 heteroatoms. The molecule has 1 aromatic carbocycles. The molecule has 0 saturated carbocycles. The summed E-state index contributed by atoms with van der Waals surface area (Å²) in [6.45, 7) is 4.05. The second kappa shape index (κ2) is 4.59. The number of carboxylic acids is 1. The molecule has 0 aliphatic carbocycles. The van der Waals surface area contributed by atoms with Gasteiger partial charge >= 0.3 is 5.97 Å². The monoisotopic (exact) mass is 209 g/mol. The van der Waals surface area contributed by atoms with Crippen molar-refractivity contribution in [3.05, 3.63) is 42.2 Å². The van der Waals surface area contributed by atoms with E-state index in [2.05, 4.69) is 6.58 Å². The molecule has 80 valence electrons. The highest BCUT2D eigenvalue weighted by Crippen LogP contribution is 2.19. The lowest BCUT2D eigenvalue weighted by molar-refractivity contribution is 0.0696. The van der Waals surface area contributed by atoms with Crippen LogP contribution in [0.25, 0.3) is 0 Å². The Balaban J connectivity index is 3.02. The summed E-state index contributed by atoms with van der Waals surface area (Å²) in [7, 11) is 1.71. The van der Waals surface area contributed by atoms with Crippen molar-refractivity contribution in [2.75, 3.05) is 18.5 Å². The molecule has 0 radical (unpaired) electrons. The summed E-state index contributed by atoms with van der Waals surface area (Å²) >= 11 is 0. The third-order valence-corrected chi connectivity index (χ3v) is 2.01. The lowest BCUT2D eigenvalue weighted by atomic mass is 10.2. The van der Waals surface area contributed by atoms with Crippen molar-refractivity contribution in [2.45, 2.75) is 0 Å². The number of likely N-dealkylation sites (N-methyl/N-ethyl adjacent to an activating group) is 1. The molecular weight excluding hydrogens is 197 g/mol. The first-order valence-electron chi connectivity index (χ1n) is 4.41. The summed E-state index contributed by atoms with van der Waals surface area (Å²) in [5, 5.41) is 8.65. The molecule has 0 unspecified atom stereocenters. The molecule has 0 bridgehead atoms. The van der Waals surface area contributed by atoms with Crippen molar-refractivity contribution < 1.29 is 14.3 Å². The highest BCUT2D eigenvalue weighted by atomic mass is 19.1. The third kappa shape index (κ3) is 2.56. The Hall–Kier alpha value is -1.84. The fraction of sp³-hybridized carbons (Fsp3) is 0.182. The maximum Gasteiger partial charge on any atom is 0.335 e. The van der Waals surface area contributed by atoms with Crippen molar-refractivity contribution in [1.29, 1.82) is 0 Å². The molecule has 1 N–H and O–H groups in total. The zero-order chi connectivity index (χ0) is 11.4. The Morgan fingerprint density at radius 2 is 2.33 bits per heavy atom. The van der Waals surface area contributed by atoms with Gasteiger partial charge in [0, 0.05) is 13.6 Å². The molecule has 0 heterocycles. The van der Waals surface area contributed by atoms with Gasteiger partial charge in [-0.15, -0.1) is 6.58 Å². The van der Waals surface area contributed by atoms with E-state index < -0.39 is 11.8 Å². The molecule has 0 spiro atoms. The molecule has 0 amide bonds. The van der Waals surface area contributed by atoms with Gasteiger partial charge in [0.05, 0.1) is 11.3 Å². The zero-order valence-electron chi connectivity index (χ0n) is 8.40. The molecule has 0 aromatic heterocycles. The summed E-state index contributed by atoms with van der Waals surface area (Å²) in [4.78, 5) is 12.2. The number of benzene rings is 1. The van der Waals surface area contributed by atoms with E-state index in [0.29, 0.717) is 12.2 Å². The molecule has 0 fully saturated rings. The topological polar surface area (TPSA) is 40.5 Å². The van der Waals surface area contributed by atoms with Crippen LogP contribution in [0.15, 0.2) is 30.9 Å². The third-order valence-electron chi connectivity index (χ3n) is 2.01. The van der Waals surface area contributed by atoms with Crippen LogP contribution >= 0.6 is 0 Å². The molecular formula is C11H12FNO2. The van der Waals surface area contributed by atoms with Gasteiger partial charge in [-0.3, -0.25) is 0 Å². The van der Waals surface area contributed by atoms with Gasteiger partial charge in [-0.2, -0.15) is 0 Å². The Labute approximate surface area is 87.4 Å². The quantitative estimate of drug-likeness (QED) is 0.772. The number of hydrogen-bond donors (Lipinski definition) is 1. The summed E-state index contributed by atoms with van der Waals surface area (Å²) in [5.74, 6) is -1.67. The van der Waals surface area contributed by atoms with Crippen LogP contribution in [0.3, 0.4) is 0 Å². The number of aromatic carboxylic acids is 1. The molecule has 15 heavy (non-hydrogen) atoms. The standard InChI is InChI=1S/C11H12FNO2/c1-3-6-13(2)10-5-4-8(11(14)15)7-9(10)12/h3-5,7H,1,6H2,2H3,(H,14,15). The van der Waals surface area contributed by atoms with E-state index in [-0.39, 0.29) is 5.56 Å². The van der Waals surface area contributed by atoms with Gasteiger partial charge in [0.2, 0.25) is 0 Å². The Morgan fingerprint density at radius 3 is 2.80 bits per heavy atom. The minimum absolute atomic E-state index is 0.0525. The highest BCUT2D eigenvalue weighted by molar-refractivity contribution is 5.88. The fourth-order valence-electron chi connectivity index (χ4n) is 1.24. The highest BCUT2D eigenvalue weighted by Gasteiger charge is 2.10. The molecule has 0 aliphatic rings. The van der Waals surface area contributed by atoms with Gasteiger partial charge < -0.3 is 10.0 Å². The van der Waals surface area contributed by atoms with Crippen LogP contribution in [0.1, 0.15) is 10.4 Å². The number of carbonyl (C=O) groups is 1. The van der Waals surface area contributed by atoms with Crippen LogP contribution in [0, 0.1) is 5.82 Å². The van der Waals surface area contributed by atoms with E-state index in [0.717, 1.165) is 6.07 Å². The summed E-state index contributed by atoms with van der Waals surface area (Å²) in [6, 6.07) is 3.83. The molecule has 1 aromatic rings. The smallest absolute Gasteiger partial charge is 0.335 e. The van der Waals surface area contributed by atoms with Gasteiger partial charge in [-0.25, -0.2) is 9.18 Å². The van der Waals surface area contributed by atoms with Crippen molar-refractivity contribution in [2.24, 2.45) is 0 Å². The van der Waals surface area contributed by atoms with E-state index >= 15 is 0 Å². The van der Waals surface area contributed by atoms with Crippen molar-refractivity contribution >= 4 is 11.7 Å². The van der Waals surface area contributed by atoms with E-state index in [1.54, 1.807) is 18.0 Å². The van der Waals surface area contributed by atoms with Gasteiger partial charge in [0.15, 0.2) is 0 Å². The average Bonchev–Trinajstić information content (AvgIpc) is 2.17. The lowest BCUT2D eigenvalue weighted by Crippen LogP contribution is -2.18. The minimum Gasteiger partial charge on any atom is -0.478 e. The predicted molar refractivity (Wildman–Crippen MR) is 56.8 cm³/mol. The number of rotatable bonds is 4. The molecule has 0 saturated heterocycles. The summed E-state index contributed by atoms with van der Waals surface area (Å²) in [6.07, 6.45) is 1.64. The maximum absolute atomic E-state index is 13.4. The largest absolute Gasteiger partial charge is 0.478 e. The van der Waals surface area contributed by atoms with Gasteiger partial charge in [-0.05, 0) is 18.2 Å². The van der Waals surface area contributed by atoms with Crippen LogP contribution in [-0.2, 0) is 0 Å². The number of nitrogens with zero attached hydrogens (tertiary/aromatic N) is 1. The van der Waals surface area contributed by atoms with Crippen LogP contribution < -0.4 is 4.90 Å². The van der Waals surface area contributed by atoms with E-state index in [1.807, 2.05) is 0 Å². The second-order valence-corrected chi connectivity index (χ2v) is 3.14. The number of anilines is 1. The summed E-state index contributed by atoms with van der Waals surface area (Å²) in [5.41, 5.74) is 0.308. The number of halogens is 1. The first kappa shape index (κ1) is 11.2. The first-order chi connectivity index (χ1) is 7.06. The van der Waals surface area contributed by atoms with Crippen molar-refractivity contribution in [3.63, 3.8) is 0 Å².